The summed E-state index contributed by atoms with van der Waals surface area (Å²) >= 11 is 0. The van der Waals surface area contributed by atoms with Crippen molar-refractivity contribution in [1.29, 1.82) is 0 Å². The zero-order valence-corrected chi connectivity index (χ0v) is 11.2. The maximum Gasteiger partial charge on any atom is 0.191 e. The first kappa shape index (κ1) is 12.6. The van der Waals surface area contributed by atoms with E-state index in [2.05, 4.69) is 15.9 Å². The highest BCUT2D eigenvalue weighted by atomic mass is 16.5. The van der Waals surface area contributed by atoms with E-state index in [1.807, 2.05) is 24.4 Å². The fourth-order valence-corrected chi connectivity index (χ4v) is 2.31. The third-order valence-electron chi connectivity index (χ3n) is 3.61. The number of nitrogens with two attached hydrogens (primary N) is 1. The molecule has 0 bridgehead atoms. The molecule has 1 heterocycles. The number of ether oxygens (including phenoxy) is 1. The van der Waals surface area contributed by atoms with Crippen LogP contribution in [0.15, 0.2) is 36.5 Å². The van der Waals surface area contributed by atoms with E-state index in [1.54, 1.807) is 13.2 Å². The second-order valence-electron chi connectivity index (χ2n) is 5.01. The average molecular weight is 265 g/mol. The molecule has 0 amide bonds. The van der Waals surface area contributed by atoms with Gasteiger partial charge in [0.2, 0.25) is 0 Å². The molecular weight excluding hydrogens is 250 g/mol. The van der Waals surface area contributed by atoms with Gasteiger partial charge in [-0.15, -0.1) is 0 Å². The van der Waals surface area contributed by atoms with E-state index in [1.165, 1.54) is 5.56 Å². The number of hydrogen-bond acceptors (Lipinski definition) is 3. The lowest BCUT2D eigenvalue weighted by Crippen LogP contribution is -2.01. The second kappa shape index (κ2) is 4.95. The number of aromatic nitrogens is 1. The van der Waals surface area contributed by atoms with Crippen molar-refractivity contribution in [3.8, 4) is 17.0 Å². The van der Waals surface area contributed by atoms with Crippen molar-refractivity contribution in [2.24, 2.45) is 5.73 Å². The largest absolute Gasteiger partial charge is 0.498 e. The molecule has 0 saturated heterocycles. The molecule has 1 aromatic heterocycles. The van der Waals surface area contributed by atoms with Gasteiger partial charge in [0.25, 0.3) is 0 Å². The number of hydrogen-bond donors (Lipinski definition) is 1. The van der Waals surface area contributed by atoms with Crippen molar-refractivity contribution >= 4 is 5.69 Å². The van der Waals surface area contributed by atoms with Gasteiger partial charge in [-0.25, -0.2) is 4.85 Å². The van der Waals surface area contributed by atoms with E-state index < -0.39 is 0 Å². The van der Waals surface area contributed by atoms with Gasteiger partial charge in [0.1, 0.15) is 5.75 Å². The van der Waals surface area contributed by atoms with E-state index >= 15 is 0 Å². The van der Waals surface area contributed by atoms with Crippen molar-refractivity contribution in [2.75, 3.05) is 7.11 Å². The van der Waals surface area contributed by atoms with E-state index in [0.29, 0.717) is 17.4 Å². The molecule has 1 aliphatic carbocycles. The van der Waals surface area contributed by atoms with Gasteiger partial charge in [-0.1, -0.05) is 6.07 Å². The van der Waals surface area contributed by atoms with E-state index in [-0.39, 0.29) is 6.04 Å². The maximum absolute atomic E-state index is 7.13. The molecule has 3 rings (SSSR count). The third kappa shape index (κ3) is 2.36. The van der Waals surface area contributed by atoms with Crippen LogP contribution in [0.1, 0.15) is 17.9 Å². The molecular formula is C16H15N3O. The first-order valence-electron chi connectivity index (χ1n) is 6.49. The number of benzene rings is 1. The van der Waals surface area contributed by atoms with Crippen LogP contribution in [0, 0.1) is 6.57 Å². The summed E-state index contributed by atoms with van der Waals surface area (Å²) in [6.07, 6.45) is 2.92. The fraction of sp³-hybridized carbons (Fsp3) is 0.250. The first-order valence-corrected chi connectivity index (χ1v) is 6.49. The summed E-state index contributed by atoms with van der Waals surface area (Å²) in [6, 6.07) is 9.75. The third-order valence-corrected chi connectivity index (χ3v) is 3.61. The molecule has 4 nitrogen and oxygen atoms in total. The van der Waals surface area contributed by atoms with Gasteiger partial charge >= 0.3 is 0 Å². The summed E-state index contributed by atoms with van der Waals surface area (Å²) in [4.78, 5) is 7.94. The van der Waals surface area contributed by atoms with Crippen LogP contribution in [-0.2, 0) is 0 Å². The Morgan fingerprint density at radius 3 is 2.70 bits per heavy atom. The molecule has 2 aromatic rings. The number of rotatable bonds is 3. The van der Waals surface area contributed by atoms with Gasteiger partial charge in [-0.3, -0.25) is 4.98 Å². The Hall–Kier alpha value is -2.38. The van der Waals surface area contributed by atoms with E-state index in [0.717, 1.165) is 17.7 Å². The molecule has 0 aliphatic heterocycles. The average Bonchev–Trinajstić information content (AvgIpc) is 3.23. The van der Waals surface area contributed by atoms with Crippen LogP contribution in [0.25, 0.3) is 16.1 Å². The van der Waals surface area contributed by atoms with Crippen molar-refractivity contribution < 1.29 is 4.74 Å². The van der Waals surface area contributed by atoms with Crippen LogP contribution in [0.3, 0.4) is 0 Å². The van der Waals surface area contributed by atoms with Gasteiger partial charge in [0.15, 0.2) is 5.69 Å². The lowest BCUT2D eigenvalue weighted by atomic mass is 10.1. The Morgan fingerprint density at radius 1 is 1.35 bits per heavy atom. The summed E-state index contributed by atoms with van der Waals surface area (Å²) < 4.78 is 5.22. The standard InChI is InChI=1S/C16H15N3O/c1-18-12-5-11(6-13(7-12)20-2)16-4-3-10(9-19-16)14-8-15(14)17/h3-7,9,14-15H,8,17H2,2H3/t14-,15+/m1/s1. The Balaban J connectivity index is 1.94. The van der Waals surface area contributed by atoms with E-state index in [9.17, 15) is 0 Å². The number of nitrogens with zero attached hydrogens (tertiary/aromatic N) is 2. The topological polar surface area (TPSA) is 52.5 Å². The molecule has 4 heteroatoms. The normalized spacial score (nSPS) is 20.2. The highest BCUT2D eigenvalue weighted by Gasteiger charge is 2.34. The highest BCUT2D eigenvalue weighted by Crippen LogP contribution is 2.39. The Morgan fingerprint density at radius 2 is 2.15 bits per heavy atom. The predicted molar refractivity (Wildman–Crippen MR) is 77.8 cm³/mol. The summed E-state index contributed by atoms with van der Waals surface area (Å²) in [5.41, 5.74) is 9.32. The Kier molecular flexibility index (Phi) is 3.13. The van der Waals surface area contributed by atoms with Crippen LogP contribution in [0.4, 0.5) is 5.69 Å². The lowest BCUT2D eigenvalue weighted by Gasteiger charge is -2.06. The monoisotopic (exact) mass is 265 g/mol. The fourth-order valence-electron chi connectivity index (χ4n) is 2.31. The zero-order chi connectivity index (χ0) is 14.1. The van der Waals surface area contributed by atoms with E-state index in [4.69, 9.17) is 17.0 Å². The minimum Gasteiger partial charge on any atom is -0.498 e. The van der Waals surface area contributed by atoms with Crippen molar-refractivity contribution in [2.45, 2.75) is 18.4 Å². The van der Waals surface area contributed by atoms with Gasteiger partial charge in [-0.05, 0) is 41.8 Å². The molecule has 1 aromatic carbocycles. The van der Waals surface area contributed by atoms with Crippen molar-refractivity contribution in [1.82, 2.24) is 4.98 Å². The van der Waals surface area contributed by atoms with Crippen LogP contribution in [0.5, 0.6) is 5.75 Å². The van der Waals surface area contributed by atoms with Crippen LogP contribution in [0.2, 0.25) is 0 Å². The molecule has 1 fully saturated rings. The molecule has 0 spiro atoms. The SMILES string of the molecule is [C-]#[N+]c1cc(OC)cc(-c2ccc([C@H]3C[C@@H]3N)cn2)c1. The molecule has 1 saturated carbocycles. The molecule has 0 unspecified atom stereocenters. The minimum absolute atomic E-state index is 0.285. The molecule has 20 heavy (non-hydrogen) atoms. The van der Waals surface area contributed by atoms with Crippen LogP contribution >= 0.6 is 0 Å². The van der Waals surface area contributed by atoms with Gasteiger partial charge in [0, 0.05) is 18.2 Å². The lowest BCUT2D eigenvalue weighted by molar-refractivity contribution is 0.415. The quantitative estimate of drug-likeness (QED) is 0.867. The Bertz CT molecular complexity index is 673. The molecule has 2 atom stereocenters. The van der Waals surface area contributed by atoms with Crippen LogP contribution in [-0.4, -0.2) is 18.1 Å². The summed E-state index contributed by atoms with van der Waals surface area (Å²) in [6.45, 7) is 7.13. The van der Waals surface area contributed by atoms with Crippen molar-refractivity contribution in [3.63, 3.8) is 0 Å². The van der Waals surface area contributed by atoms with Crippen molar-refractivity contribution in [3.05, 3.63) is 53.5 Å². The predicted octanol–water partition coefficient (Wildman–Crippen LogP) is 3.12. The smallest absolute Gasteiger partial charge is 0.191 e. The summed E-state index contributed by atoms with van der Waals surface area (Å²) in [5.74, 6) is 1.13. The second-order valence-corrected chi connectivity index (χ2v) is 5.01. The zero-order valence-electron chi connectivity index (χ0n) is 11.2. The number of pyridine rings is 1. The van der Waals surface area contributed by atoms with Gasteiger partial charge < -0.3 is 10.5 Å². The van der Waals surface area contributed by atoms with Crippen LogP contribution < -0.4 is 10.5 Å². The minimum atomic E-state index is 0.285. The highest BCUT2D eigenvalue weighted by molar-refractivity contribution is 5.68. The van der Waals surface area contributed by atoms with Gasteiger partial charge in [0.05, 0.1) is 19.4 Å². The first-order chi connectivity index (χ1) is 9.71. The molecule has 1 aliphatic rings. The number of methoxy groups -OCH3 is 1. The summed E-state index contributed by atoms with van der Waals surface area (Å²) in [7, 11) is 1.60. The molecule has 2 N–H and O–H groups in total. The molecule has 0 radical (unpaired) electrons. The van der Waals surface area contributed by atoms with Gasteiger partial charge in [-0.2, -0.15) is 0 Å². The Labute approximate surface area is 118 Å². The maximum atomic E-state index is 7.13. The summed E-state index contributed by atoms with van der Waals surface area (Å²) in [5, 5.41) is 0. The molecule has 100 valence electrons.